The number of hydrogen-bond donors (Lipinski definition) is 0. The van der Waals surface area contributed by atoms with E-state index in [4.69, 9.17) is 9.72 Å². The Morgan fingerprint density at radius 3 is 2.56 bits per heavy atom. The summed E-state index contributed by atoms with van der Waals surface area (Å²) in [5, 5.41) is 8.24. The van der Waals surface area contributed by atoms with Gasteiger partial charge in [0.25, 0.3) is 0 Å². The Morgan fingerprint density at radius 2 is 1.91 bits per heavy atom. The summed E-state index contributed by atoms with van der Waals surface area (Å²) in [4.78, 5) is 24.4. The van der Waals surface area contributed by atoms with Crippen molar-refractivity contribution in [1.29, 1.82) is 0 Å². The number of anilines is 1. The van der Waals surface area contributed by atoms with Crippen LogP contribution in [0.15, 0.2) is 12.4 Å². The summed E-state index contributed by atoms with van der Waals surface area (Å²) in [6, 6.07) is 0.128. The average Bonchev–Trinajstić information content (AvgIpc) is 3.53. The fraction of sp³-hybridized carbons (Fsp3) is 0.692. The van der Waals surface area contributed by atoms with Crippen LogP contribution in [0, 0.1) is 5.92 Å². The van der Waals surface area contributed by atoms with Crippen molar-refractivity contribution in [3.8, 4) is 0 Å². The van der Waals surface area contributed by atoms with Gasteiger partial charge in [-0.1, -0.05) is 20.8 Å². The first-order valence-corrected chi connectivity index (χ1v) is 12.8. The maximum atomic E-state index is 13.1. The Morgan fingerprint density at radius 1 is 1.18 bits per heavy atom. The highest BCUT2D eigenvalue weighted by atomic mass is 16.5. The second-order valence-electron chi connectivity index (χ2n) is 11.0. The zero-order valence-electron chi connectivity index (χ0n) is 21.3. The van der Waals surface area contributed by atoms with E-state index < -0.39 is 0 Å². The molecule has 2 aromatic heterocycles. The molecule has 34 heavy (non-hydrogen) atoms. The third kappa shape index (κ3) is 4.44. The van der Waals surface area contributed by atoms with Crippen LogP contribution in [0.4, 0.5) is 5.82 Å². The van der Waals surface area contributed by atoms with E-state index in [1.807, 2.05) is 4.90 Å². The second-order valence-corrected chi connectivity index (χ2v) is 11.0. The Balaban J connectivity index is 1.46. The molecule has 1 aliphatic carbocycles. The van der Waals surface area contributed by atoms with Gasteiger partial charge in [0.1, 0.15) is 12.4 Å². The summed E-state index contributed by atoms with van der Waals surface area (Å²) in [6.45, 7) is 14.2. The summed E-state index contributed by atoms with van der Waals surface area (Å²) in [5.41, 5.74) is 5.31. The van der Waals surface area contributed by atoms with Gasteiger partial charge in [0.2, 0.25) is 5.91 Å². The minimum absolute atomic E-state index is 0.0845. The Hall–Kier alpha value is -2.48. The van der Waals surface area contributed by atoms with Crippen molar-refractivity contribution >= 4 is 11.7 Å². The van der Waals surface area contributed by atoms with Gasteiger partial charge in [-0.2, -0.15) is 15.0 Å². The first-order valence-electron chi connectivity index (χ1n) is 12.8. The average molecular weight is 467 g/mol. The largest absolute Gasteiger partial charge is 0.370 e. The van der Waals surface area contributed by atoms with E-state index in [-0.39, 0.29) is 24.1 Å². The number of aromatic nitrogens is 4. The van der Waals surface area contributed by atoms with Crippen molar-refractivity contribution in [2.75, 3.05) is 24.5 Å². The zero-order chi connectivity index (χ0) is 24.0. The van der Waals surface area contributed by atoms with Gasteiger partial charge >= 0.3 is 0 Å². The van der Waals surface area contributed by atoms with E-state index in [0.29, 0.717) is 25.0 Å². The normalized spacial score (nSPS) is 22.2. The van der Waals surface area contributed by atoms with Crippen LogP contribution in [0.5, 0.6) is 0 Å². The molecule has 1 amide bonds. The fourth-order valence-corrected chi connectivity index (χ4v) is 5.59. The van der Waals surface area contributed by atoms with E-state index in [1.54, 1.807) is 12.4 Å². The number of rotatable bonds is 6. The zero-order valence-corrected chi connectivity index (χ0v) is 21.3. The summed E-state index contributed by atoms with van der Waals surface area (Å²) < 4.78 is 6.22. The van der Waals surface area contributed by atoms with Crippen LogP contribution < -0.4 is 4.90 Å². The third-order valence-electron chi connectivity index (χ3n) is 7.61. The first-order chi connectivity index (χ1) is 16.3. The molecule has 0 bridgehead atoms. The highest BCUT2D eigenvalue weighted by Crippen LogP contribution is 2.46. The minimum Gasteiger partial charge on any atom is -0.370 e. The minimum atomic E-state index is -0.150. The van der Waals surface area contributed by atoms with Gasteiger partial charge in [0.05, 0.1) is 36.3 Å². The summed E-state index contributed by atoms with van der Waals surface area (Å²) >= 11 is 0. The molecular weight excluding hydrogens is 428 g/mol. The number of carbonyl (C=O) groups is 1. The van der Waals surface area contributed by atoms with Crippen molar-refractivity contribution < 1.29 is 9.53 Å². The third-order valence-corrected chi connectivity index (χ3v) is 7.61. The Labute approximate surface area is 202 Å². The molecular formula is C26H38N6O2. The van der Waals surface area contributed by atoms with Crippen LogP contribution in [0.3, 0.4) is 0 Å². The molecule has 184 valence electrons. The fourth-order valence-electron chi connectivity index (χ4n) is 5.59. The van der Waals surface area contributed by atoms with E-state index in [1.165, 1.54) is 40.0 Å². The summed E-state index contributed by atoms with van der Waals surface area (Å²) in [6.07, 6.45) is 7.58. The summed E-state index contributed by atoms with van der Waals surface area (Å²) in [7, 11) is 0. The molecule has 0 N–H and O–H groups in total. The molecule has 1 unspecified atom stereocenters. The van der Waals surface area contributed by atoms with Crippen LogP contribution in [0.1, 0.15) is 75.8 Å². The molecule has 4 heterocycles. The van der Waals surface area contributed by atoms with Gasteiger partial charge in [-0.05, 0) is 50.2 Å². The molecule has 1 saturated heterocycles. The number of nitrogens with zero attached hydrogens (tertiary/aromatic N) is 6. The van der Waals surface area contributed by atoms with E-state index in [0.717, 1.165) is 31.7 Å². The number of amides is 1. The number of pyridine rings is 1. The highest BCUT2D eigenvalue weighted by Gasteiger charge is 2.39. The molecule has 1 atom stereocenters. The van der Waals surface area contributed by atoms with Crippen molar-refractivity contribution in [3.63, 3.8) is 0 Å². The van der Waals surface area contributed by atoms with Gasteiger partial charge in [0, 0.05) is 37.5 Å². The van der Waals surface area contributed by atoms with Gasteiger partial charge in [0.15, 0.2) is 0 Å². The first kappa shape index (κ1) is 23.3. The van der Waals surface area contributed by atoms with Gasteiger partial charge in [-0.15, -0.1) is 0 Å². The van der Waals surface area contributed by atoms with Crippen LogP contribution in [0.2, 0.25) is 0 Å². The number of ether oxygens (including phenoxy) is 1. The van der Waals surface area contributed by atoms with Gasteiger partial charge in [-0.3, -0.25) is 4.79 Å². The maximum Gasteiger partial charge on any atom is 0.246 e. The molecule has 8 nitrogen and oxygen atoms in total. The SMILES string of the molecule is CCc1c(N2CCN(C(=O)Cn3nccn3)C(C(C)C)C2)nc(C2CC2)c2c1CC(C)(C)OC2. The van der Waals surface area contributed by atoms with Gasteiger partial charge in [-0.25, -0.2) is 4.98 Å². The molecule has 3 aliphatic rings. The molecule has 0 spiro atoms. The highest BCUT2D eigenvalue weighted by molar-refractivity contribution is 5.76. The van der Waals surface area contributed by atoms with Crippen LogP contribution in [0.25, 0.3) is 0 Å². The number of hydrogen-bond acceptors (Lipinski definition) is 6. The van der Waals surface area contributed by atoms with E-state index >= 15 is 0 Å². The quantitative estimate of drug-likeness (QED) is 0.650. The van der Waals surface area contributed by atoms with Gasteiger partial charge < -0.3 is 14.5 Å². The Kier molecular flexibility index (Phi) is 6.12. The Bertz CT molecular complexity index is 1040. The second kappa shape index (κ2) is 8.95. The van der Waals surface area contributed by atoms with Crippen molar-refractivity contribution in [1.82, 2.24) is 24.9 Å². The lowest BCUT2D eigenvalue weighted by Gasteiger charge is -2.45. The number of piperazine rings is 1. The van der Waals surface area contributed by atoms with Crippen molar-refractivity contribution in [3.05, 3.63) is 34.8 Å². The molecule has 1 saturated carbocycles. The number of carbonyl (C=O) groups excluding carboxylic acids is 1. The predicted octanol–water partition coefficient (Wildman–Crippen LogP) is 3.34. The van der Waals surface area contributed by atoms with Crippen LogP contribution in [-0.4, -0.2) is 62.1 Å². The molecule has 2 aromatic rings. The topological polar surface area (TPSA) is 76.4 Å². The van der Waals surface area contributed by atoms with E-state index in [9.17, 15) is 4.79 Å². The number of fused-ring (bicyclic) bond motifs is 1. The lowest BCUT2D eigenvalue weighted by Crippen LogP contribution is -2.58. The lowest BCUT2D eigenvalue weighted by atomic mass is 9.86. The van der Waals surface area contributed by atoms with Crippen molar-refractivity contribution in [2.24, 2.45) is 5.92 Å². The molecule has 5 rings (SSSR count). The van der Waals surface area contributed by atoms with Crippen molar-refractivity contribution in [2.45, 2.75) is 91.0 Å². The van der Waals surface area contributed by atoms with Crippen LogP contribution in [-0.2, 0) is 35.5 Å². The predicted molar refractivity (Wildman–Crippen MR) is 131 cm³/mol. The molecule has 0 aromatic carbocycles. The summed E-state index contributed by atoms with van der Waals surface area (Å²) in [5.74, 6) is 2.15. The standard InChI is InChI=1S/C26H38N6O2/c1-6-19-20-13-26(4,5)34-16-21(20)24(18-7-8-18)29-25(19)30-11-12-31(22(14-30)17(2)3)23(33)15-32-27-9-10-28-32/h9-10,17-18,22H,6-8,11-16H2,1-5H3. The molecule has 2 fully saturated rings. The molecule has 0 radical (unpaired) electrons. The maximum absolute atomic E-state index is 13.1. The van der Waals surface area contributed by atoms with E-state index in [2.05, 4.69) is 49.7 Å². The molecule has 8 heteroatoms. The van der Waals surface area contributed by atoms with Crippen LogP contribution >= 0.6 is 0 Å². The molecule has 2 aliphatic heterocycles. The monoisotopic (exact) mass is 466 g/mol. The smallest absolute Gasteiger partial charge is 0.246 e. The lowest BCUT2D eigenvalue weighted by molar-refractivity contribution is -0.136.